The second-order valence-electron chi connectivity index (χ2n) is 5.01. The van der Waals surface area contributed by atoms with Gasteiger partial charge in [-0.1, -0.05) is 45.7 Å². The highest BCUT2D eigenvalue weighted by Gasteiger charge is 2.13. The molecule has 1 amide bonds. The van der Waals surface area contributed by atoms with Crippen molar-refractivity contribution < 1.29 is 9.00 Å². The third-order valence-corrected chi connectivity index (χ3v) is 6.18. The van der Waals surface area contributed by atoms with E-state index in [9.17, 15) is 9.00 Å². The van der Waals surface area contributed by atoms with Crippen LogP contribution in [-0.4, -0.2) is 20.9 Å². The van der Waals surface area contributed by atoms with Crippen LogP contribution in [0.4, 0.5) is 5.13 Å². The summed E-state index contributed by atoms with van der Waals surface area (Å²) in [6.07, 6.45) is 0. The Hall–Kier alpha value is -1.54. The highest BCUT2D eigenvalue weighted by atomic mass is 79.9. The summed E-state index contributed by atoms with van der Waals surface area (Å²) in [4.78, 5) is 17.1. The molecule has 0 spiro atoms. The van der Waals surface area contributed by atoms with E-state index in [1.165, 1.54) is 11.3 Å². The van der Waals surface area contributed by atoms with Crippen molar-refractivity contribution in [2.75, 3.05) is 11.1 Å². The van der Waals surface area contributed by atoms with Gasteiger partial charge in [-0.15, -0.1) is 11.3 Å². The smallest absolute Gasteiger partial charge is 0.239 e. The molecule has 3 rings (SSSR count). The summed E-state index contributed by atoms with van der Waals surface area (Å²) in [5.74, 6) is -0.468. The van der Waals surface area contributed by atoms with E-state index >= 15 is 0 Å². The molecule has 0 aliphatic rings. The van der Waals surface area contributed by atoms with Crippen molar-refractivity contribution in [1.29, 1.82) is 0 Å². The van der Waals surface area contributed by atoms with E-state index in [0.717, 1.165) is 10.0 Å². The fourth-order valence-electron chi connectivity index (χ4n) is 2.07. The van der Waals surface area contributed by atoms with Crippen LogP contribution in [0.5, 0.6) is 0 Å². The second kappa shape index (κ2) is 8.23. The van der Waals surface area contributed by atoms with Gasteiger partial charge in [0.05, 0.1) is 16.5 Å². The predicted octanol–water partition coefficient (Wildman–Crippen LogP) is 4.97. The fourth-order valence-corrected chi connectivity index (χ4v) is 4.21. The number of halogens is 2. The third-order valence-electron chi connectivity index (χ3n) is 3.24. The van der Waals surface area contributed by atoms with Crippen molar-refractivity contribution in [2.24, 2.45) is 0 Å². The number of anilines is 1. The SMILES string of the molecule is O=C(C[S@@](=O)c1ccc(Br)cc1)Nc1nc(-c2ccccc2Cl)cs1. The molecular weight excluding hydrogens is 444 g/mol. The highest BCUT2D eigenvalue weighted by Crippen LogP contribution is 2.30. The molecular formula is C17H12BrClN2O2S2. The Bertz CT molecular complexity index is 928. The lowest BCUT2D eigenvalue weighted by Gasteiger charge is -2.03. The third kappa shape index (κ3) is 4.76. The second-order valence-corrected chi connectivity index (χ2v) is 8.64. The van der Waals surface area contributed by atoms with Crippen LogP contribution >= 0.6 is 38.9 Å². The van der Waals surface area contributed by atoms with E-state index in [4.69, 9.17) is 11.6 Å². The summed E-state index contributed by atoms with van der Waals surface area (Å²) in [6, 6.07) is 14.4. The molecule has 1 heterocycles. The van der Waals surface area contributed by atoms with E-state index < -0.39 is 10.8 Å². The van der Waals surface area contributed by atoms with Gasteiger partial charge in [0, 0.05) is 25.3 Å². The monoisotopic (exact) mass is 454 g/mol. The Morgan fingerprint density at radius 3 is 2.64 bits per heavy atom. The van der Waals surface area contributed by atoms with Gasteiger partial charge in [0.2, 0.25) is 5.91 Å². The lowest BCUT2D eigenvalue weighted by atomic mass is 10.2. The first-order valence-electron chi connectivity index (χ1n) is 7.17. The lowest BCUT2D eigenvalue weighted by molar-refractivity contribution is -0.113. The van der Waals surface area contributed by atoms with Crippen molar-refractivity contribution in [2.45, 2.75) is 4.90 Å². The van der Waals surface area contributed by atoms with Crippen molar-refractivity contribution in [3.05, 3.63) is 63.4 Å². The van der Waals surface area contributed by atoms with Crippen LogP contribution in [0.1, 0.15) is 0 Å². The van der Waals surface area contributed by atoms with E-state index in [-0.39, 0.29) is 11.7 Å². The summed E-state index contributed by atoms with van der Waals surface area (Å²) in [5.41, 5.74) is 1.50. The molecule has 0 saturated heterocycles. The topological polar surface area (TPSA) is 59.1 Å². The van der Waals surface area contributed by atoms with Crippen LogP contribution in [0, 0.1) is 0 Å². The molecule has 0 unspecified atom stereocenters. The van der Waals surface area contributed by atoms with Crippen LogP contribution in [0.3, 0.4) is 0 Å². The molecule has 4 nitrogen and oxygen atoms in total. The number of benzene rings is 2. The van der Waals surface area contributed by atoms with Crippen molar-refractivity contribution >= 4 is 60.7 Å². The van der Waals surface area contributed by atoms with Gasteiger partial charge in [-0.05, 0) is 30.3 Å². The zero-order valence-corrected chi connectivity index (χ0v) is 16.7. The average molecular weight is 456 g/mol. The minimum atomic E-state index is -1.41. The highest BCUT2D eigenvalue weighted by molar-refractivity contribution is 9.10. The summed E-state index contributed by atoms with van der Waals surface area (Å²) in [5, 5.41) is 5.56. The van der Waals surface area contributed by atoms with Gasteiger partial charge in [-0.2, -0.15) is 0 Å². The van der Waals surface area contributed by atoms with Crippen molar-refractivity contribution in [1.82, 2.24) is 4.98 Å². The standard InChI is InChI=1S/C17H12BrClN2O2S2/c18-11-5-7-12(8-6-11)25(23)10-16(22)21-17-20-15(9-24-17)13-3-1-2-4-14(13)19/h1-9H,10H2,(H,20,21,22)/t25-/m1/s1. The molecule has 1 aromatic heterocycles. The Balaban J connectivity index is 1.65. The average Bonchev–Trinajstić information content (AvgIpc) is 3.03. The van der Waals surface area contributed by atoms with Crippen LogP contribution in [0.2, 0.25) is 5.02 Å². The number of carbonyl (C=O) groups excluding carboxylic acids is 1. The summed E-state index contributed by atoms with van der Waals surface area (Å²) < 4.78 is 13.1. The van der Waals surface area contributed by atoms with E-state index in [1.807, 2.05) is 23.6 Å². The molecule has 3 aromatic rings. The van der Waals surface area contributed by atoms with Gasteiger partial charge in [0.1, 0.15) is 5.75 Å². The zero-order chi connectivity index (χ0) is 17.8. The molecule has 0 aliphatic carbocycles. The maximum Gasteiger partial charge on any atom is 0.239 e. The number of hydrogen-bond acceptors (Lipinski definition) is 4. The molecule has 0 fully saturated rings. The maximum atomic E-state index is 12.2. The van der Waals surface area contributed by atoms with Gasteiger partial charge in [-0.25, -0.2) is 4.98 Å². The number of hydrogen-bond donors (Lipinski definition) is 1. The number of carbonyl (C=O) groups is 1. The normalized spacial score (nSPS) is 11.9. The molecule has 128 valence electrons. The molecule has 2 aromatic carbocycles. The van der Waals surface area contributed by atoms with E-state index in [1.54, 1.807) is 30.3 Å². The van der Waals surface area contributed by atoms with Crippen LogP contribution < -0.4 is 5.32 Å². The molecule has 1 N–H and O–H groups in total. The zero-order valence-electron chi connectivity index (χ0n) is 12.7. The maximum absolute atomic E-state index is 12.2. The minimum absolute atomic E-state index is 0.122. The van der Waals surface area contributed by atoms with Gasteiger partial charge in [-0.3, -0.25) is 9.00 Å². The van der Waals surface area contributed by atoms with Crippen LogP contribution in [-0.2, 0) is 15.6 Å². The molecule has 0 saturated carbocycles. The Morgan fingerprint density at radius 1 is 1.20 bits per heavy atom. The lowest BCUT2D eigenvalue weighted by Crippen LogP contribution is -2.19. The summed E-state index contributed by atoms with van der Waals surface area (Å²) in [7, 11) is -1.41. The first kappa shape index (κ1) is 18.3. The molecule has 8 heteroatoms. The fraction of sp³-hybridized carbons (Fsp3) is 0.0588. The van der Waals surface area contributed by atoms with Crippen LogP contribution in [0.15, 0.2) is 63.3 Å². The van der Waals surface area contributed by atoms with Crippen molar-refractivity contribution in [3.8, 4) is 11.3 Å². The molecule has 0 radical (unpaired) electrons. The Kier molecular flexibility index (Phi) is 6.01. The first-order valence-corrected chi connectivity index (χ1v) is 10.5. The van der Waals surface area contributed by atoms with Crippen molar-refractivity contribution in [3.63, 3.8) is 0 Å². The number of aromatic nitrogens is 1. The number of amides is 1. The van der Waals surface area contributed by atoms with Crippen LogP contribution in [0.25, 0.3) is 11.3 Å². The van der Waals surface area contributed by atoms with E-state index in [0.29, 0.717) is 20.7 Å². The number of nitrogens with zero attached hydrogens (tertiary/aromatic N) is 1. The Labute approximate surface area is 164 Å². The number of rotatable bonds is 5. The van der Waals surface area contributed by atoms with Gasteiger partial charge >= 0.3 is 0 Å². The van der Waals surface area contributed by atoms with E-state index in [2.05, 4.69) is 26.2 Å². The predicted molar refractivity (Wildman–Crippen MR) is 107 cm³/mol. The summed E-state index contributed by atoms with van der Waals surface area (Å²) >= 11 is 10.8. The first-order chi connectivity index (χ1) is 12.0. The number of nitrogens with one attached hydrogen (secondary N) is 1. The largest absolute Gasteiger partial charge is 0.301 e. The number of thiazole rings is 1. The Morgan fingerprint density at radius 2 is 1.92 bits per heavy atom. The summed E-state index contributed by atoms with van der Waals surface area (Å²) in [6.45, 7) is 0. The molecule has 0 bridgehead atoms. The molecule has 25 heavy (non-hydrogen) atoms. The van der Waals surface area contributed by atoms with Gasteiger partial charge < -0.3 is 5.32 Å². The molecule has 0 aliphatic heterocycles. The molecule has 1 atom stereocenters. The van der Waals surface area contributed by atoms with Gasteiger partial charge in [0.15, 0.2) is 5.13 Å². The van der Waals surface area contributed by atoms with Gasteiger partial charge in [0.25, 0.3) is 0 Å². The quantitative estimate of drug-likeness (QED) is 0.591. The minimum Gasteiger partial charge on any atom is -0.301 e.